The van der Waals surface area contributed by atoms with E-state index in [9.17, 15) is 13.2 Å². The van der Waals surface area contributed by atoms with Gasteiger partial charge in [0.05, 0.1) is 5.69 Å². The molecule has 1 rings (SSSR count). The van der Waals surface area contributed by atoms with E-state index in [0.717, 1.165) is 0 Å². The molecule has 1 aromatic rings. The molecular weight excluding hydrogens is 245 g/mol. The smallest absolute Gasteiger partial charge is 0.388 e. The molecular formula is C12H17F3N2O. The van der Waals surface area contributed by atoms with E-state index in [0.29, 0.717) is 11.5 Å². The summed E-state index contributed by atoms with van der Waals surface area (Å²) in [6.45, 7) is 9.25. The topological polar surface area (TPSA) is 35.0 Å². The summed E-state index contributed by atoms with van der Waals surface area (Å²) >= 11 is 0. The van der Waals surface area contributed by atoms with Gasteiger partial charge in [0.2, 0.25) is 5.88 Å². The molecule has 0 aliphatic rings. The first-order valence-electron chi connectivity index (χ1n) is 5.64. The number of alkyl halides is 3. The van der Waals surface area contributed by atoms with Crippen LogP contribution in [-0.4, -0.2) is 16.3 Å². The molecule has 0 atom stereocenters. The molecule has 0 radical (unpaired) electrons. The molecule has 0 spiro atoms. The lowest BCUT2D eigenvalue weighted by atomic mass is 9.92. The van der Waals surface area contributed by atoms with Gasteiger partial charge in [0.1, 0.15) is 5.82 Å². The van der Waals surface area contributed by atoms with E-state index in [2.05, 4.69) is 14.7 Å². The van der Waals surface area contributed by atoms with Crippen LogP contribution in [0.15, 0.2) is 6.07 Å². The van der Waals surface area contributed by atoms with Crippen LogP contribution in [0.4, 0.5) is 13.2 Å². The quantitative estimate of drug-likeness (QED) is 0.813. The molecule has 0 amide bonds. The Hall–Kier alpha value is -1.33. The van der Waals surface area contributed by atoms with Crippen LogP contribution >= 0.6 is 0 Å². The lowest BCUT2D eigenvalue weighted by molar-refractivity contribution is -0.276. The molecule has 0 saturated heterocycles. The SMILES string of the molecule is CC(C)c1nc(OC(F)(F)F)cc(C(C)(C)C)n1. The van der Waals surface area contributed by atoms with Crippen LogP contribution in [0.1, 0.15) is 52.1 Å². The molecule has 0 aliphatic heterocycles. The Morgan fingerprint density at radius 3 is 2.06 bits per heavy atom. The van der Waals surface area contributed by atoms with E-state index in [4.69, 9.17) is 0 Å². The van der Waals surface area contributed by atoms with Crippen molar-refractivity contribution in [1.29, 1.82) is 0 Å². The van der Waals surface area contributed by atoms with Gasteiger partial charge >= 0.3 is 6.36 Å². The van der Waals surface area contributed by atoms with E-state index >= 15 is 0 Å². The van der Waals surface area contributed by atoms with Crippen molar-refractivity contribution >= 4 is 0 Å². The number of hydrogen-bond donors (Lipinski definition) is 0. The van der Waals surface area contributed by atoms with E-state index in [1.165, 1.54) is 6.07 Å². The van der Waals surface area contributed by atoms with Crippen LogP contribution in [0.5, 0.6) is 5.88 Å². The first kappa shape index (κ1) is 14.7. The van der Waals surface area contributed by atoms with Crippen molar-refractivity contribution in [2.45, 2.75) is 52.3 Å². The molecule has 0 bridgehead atoms. The molecule has 102 valence electrons. The molecule has 18 heavy (non-hydrogen) atoms. The first-order valence-corrected chi connectivity index (χ1v) is 5.64. The van der Waals surface area contributed by atoms with E-state index in [-0.39, 0.29) is 11.3 Å². The van der Waals surface area contributed by atoms with Gasteiger partial charge in [-0.25, -0.2) is 4.98 Å². The Kier molecular flexibility index (Phi) is 3.88. The normalized spacial score (nSPS) is 12.9. The summed E-state index contributed by atoms with van der Waals surface area (Å²) in [4.78, 5) is 8.05. The van der Waals surface area contributed by atoms with Crippen LogP contribution < -0.4 is 4.74 Å². The summed E-state index contributed by atoms with van der Waals surface area (Å²) in [5.41, 5.74) is 0.163. The molecule has 3 nitrogen and oxygen atoms in total. The summed E-state index contributed by atoms with van der Waals surface area (Å²) in [5, 5.41) is 0. The average molecular weight is 262 g/mol. The summed E-state index contributed by atoms with van der Waals surface area (Å²) < 4.78 is 40.5. The highest BCUT2D eigenvalue weighted by Crippen LogP contribution is 2.28. The van der Waals surface area contributed by atoms with Crippen molar-refractivity contribution < 1.29 is 17.9 Å². The van der Waals surface area contributed by atoms with Gasteiger partial charge in [0.25, 0.3) is 0 Å². The summed E-state index contributed by atoms with van der Waals surface area (Å²) in [6, 6.07) is 1.24. The number of hydrogen-bond acceptors (Lipinski definition) is 3. The van der Waals surface area contributed by atoms with Gasteiger partial charge in [-0.2, -0.15) is 4.98 Å². The largest absolute Gasteiger partial charge is 0.574 e. The summed E-state index contributed by atoms with van der Waals surface area (Å²) in [6.07, 6.45) is -4.74. The average Bonchev–Trinajstić information content (AvgIpc) is 2.12. The Bertz CT molecular complexity index is 422. The number of ether oxygens (including phenoxy) is 1. The van der Waals surface area contributed by atoms with Gasteiger partial charge in [0.15, 0.2) is 0 Å². The van der Waals surface area contributed by atoms with Gasteiger partial charge < -0.3 is 4.74 Å². The third kappa shape index (κ3) is 4.16. The van der Waals surface area contributed by atoms with Crippen molar-refractivity contribution in [3.8, 4) is 5.88 Å². The zero-order chi connectivity index (χ0) is 14.1. The minimum Gasteiger partial charge on any atom is -0.388 e. The van der Waals surface area contributed by atoms with E-state index < -0.39 is 12.2 Å². The van der Waals surface area contributed by atoms with Crippen LogP contribution in [-0.2, 0) is 5.41 Å². The van der Waals surface area contributed by atoms with E-state index in [1.54, 1.807) is 0 Å². The third-order valence-electron chi connectivity index (χ3n) is 2.23. The Balaban J connectivity index is 3.23. The van der Waals surface area contributed by atoms with Crippen LogP contribution in [0.2, 0.25) is 0 Å². The predicted molar refractivity (Wildman–Crippen MR) is 61.5 cm³/mol. The molecule has 0 fully saturated rings. The van der Waals surface area contributed by atoms with Crippen molar-refractivity contribution in [2.75, 3.05) is 0 Å². The van der Waals surface area contributed by atoms with Gasteiger partial charge in [-0.1, -0.05) is 34.6 Å². The van der Waals surface area contributed by atoms with Gasteiger partial charge in [-0.05, 0) is 0 Å². The standard InChI is InChI=1S/C12H17F3N2O/c1-7(2)10-16-8(11(3,4)5)6-9(17-10)18-12(13,14)15/h6-7H,1-5H3. The highest BCUT2D eigenvalue weighted by atomic mass is 19.4. The van der Waals surface area contributed by atoms with Crippen LogP contribution in [0.25, 0.3) is 0 Å². The lowest BCUT2D eigenvalue weighted by Crippen LogP contribution is -2.21. The van der Waals surface area contributed by atoms with Gasteiger partial charge in [-0.15, -0.1) is 13.2 Å². The zero-order valence-corrected chi connectivity index (χ0v) is 11.1. The maximum Gasteiger partial charge on any atom is 0.574 e. The predicted octanol–water partition coefficient (Wildman–Crippen LogP) is 3.80. The maximum atomic E-state index is 12.2. The molecule has 0 unspecified atom stereocenters. The summed E-state index contributed by atoms with van der Waals surface area (Å²) in [5.74, 6) is -0.171. The molecule has 0 aliphatic carbocycles. The molecule has 0 aromatic carbocycles. The third-order valence-corrected chi connectivity index (χ3v) is 2.23. The molecule has 6 heteroatoms. The Labute approximate surface area is 104 Å². The highest BCUT2D eigenvalue weighted by Gasteiger charge is 2.33. The lowest BCUT2D eigenvalue weighted by Gasteiger charge is -2.20. The molecule has 1 heterocycles. The van der Waals surface area contributed by atoms with Crippen molar-refractivity contribution in [1.82, 2.24) is 9.97 Å². The second-order valence-electron chi connectivity index (χ2n) is 5.40. The number of aromatic nitrogens is 2. The molecule has 0 N–H and O–H groups in total. The second-order valence-corrected chi connectivity index (χ2v) is 5.40. The highest BCUT2D eigenvalue weighted by molar-refractivity contribution is 5.23. The maximum absolute atomic E-state index is 12.2. The fourth-order valence-corrected chi connectivity index (χ4v) is 1.26. The summed E-state index contributed by atoms with van der Waals surface area (Å²) in [7, 11) is 0. The van der Waals surface area contributed by atoms with Crippen molar-refractivity contribution in [3.05, 3.63) is 17.6 Å². The van der Waals surface area contributed by atoms with Crippen LogP contribution in [0, 0.1) is 0 Å². The van der Waals surface area contributed by atoms with Crippen molar-refractivity contribution in [3.63, 3.8) is 0 Å². The van der Waals surface area contributed by atoms with Crippen molar-refractivity contribution in [2.24, 2.45) is 0 Å². The fraction of sp³-hybridized carbons (Fsp3) is 0.667. The minimum atomic E-state index is -4.74. The number of nitrogens with zero attached hydrogens (tertiary/aromatic N) is 2. The number of rotatable bonds is 2. The van der Waals surface area contributed by atoms with Gasteiger partial charge in [-0.3, -0.25) is 0 Å². The Morgan fingerprint density at radius 1 is 1.11 bits per heavy atom. The monoisotopic (exact) mass is 262 g/mol. The van der Waals surface area contributed by atoms with E-state index in [1.807, 2.05) is 34.6 Å². The molecule has 0 saturated carbocycles. The number of halogens is 3. The zero-order valence-electron chi connectivity index (χ0n) is 11.1. The second kappa shape index (κ2) is 4.74. The minimum absolute atomic E-state index is 0.0668. The fourth-order valence-electron chi connectivity index (χ4n) is 1.26. The van der Waals surface area contributed by atoms with Gasteiger partial charge in [0, 0.05) is 17.4 Å². The Morgan fingerprint density at radius 2 is 1.67 bits per heavy atom. The first-order chi connectivity index (χ1) is 7.99. The van der Waals surface area contributed by atoms with Crippen LogP contribution in [0.3, 0.4) is 0 Å². The molecule has 1 aromatic heterocycles.